The molecule has 5 heteroatoms. The maximum Gasteiger partial charge on any atom is 0.257 e. The summed E-state index contributed by atoms with van der Waals surface area (Å²) in [5.74, 6) is 2.47. The molecular formula is C20H23N3O2. The summed E-state index contributed by atoms with van der Waals surface area (Å²) in [5, 5.41) is 0. The van der Waals surface area contributed by atoms with E-state index in [9.17, 15) is 4.79 Å². The van der Waals surface area contributed by atoms with Gasteiger partial charge < -0.3 is 9.64 Å². The number of aromatic nitrogens is 2. The number of hydrogen-bond acceptors (Lipinski definition) is 4. The van der Waals surface area contributed by atoms with E-state index in [1.54, 1.807) is 13.3 Å². The average Bonchev–Trinajstić information content (AvgIpc) is 3.37. The molecule has 4 rings (SSSR count). The summed E-state index contributed by atoms with van der Waals surface area (Å²) in [4.78, 5) is 23.8. The van der Waals surface area contributed by atoms with Gasteiger partial charge in [-0.3, -0.25) is 4.79 Å². The molecule has 2 heterocycles. The number of methoxy groups -OCH3 is 1. The number of nitrogens with zero attached hydrogens (tertiary/aromatic N) is 3. The second kappa shape index (κ2) is 6.47. The first kappa shape index (κ1) is 16.1. The van der Waals surface area contributed by atoms with Crippen molar-refractivity contribution in [2.75, 3.05) is 20.2 Å². The standard InChI is InChI=1S/C20H23N3O2/c1-13-21-11-17(19(22-13)14-7-8-14)20(24)23-10-9-15(12-23)16-5-3-4-6-18(16)25-2/h3-6,11,14-15H,7-10,12H2,1-2H3. The molecule has 1 atom stereocenters. The van der Waals surface area contributed by atoms with Crippen LogP contribution < -0.4 is 4.74 Å². The number of carbonyl (C=O) groups is 1. The molecule has 0 N–H and O–H groups in total. The van der Waals surface area contributed by atoms with Crippen molar-refractivity contribution in [2.24, 2.45) is 0 Å². The van der Waals surface area contributed by atoms with Crippen molar-refractivity contribution in [3.8, 4) is 5.75 Å². The molecule has 1 aromatic heterocycles. The summed E-state index contributed by atoms with van der Waals surface area (Å²) >= 11 is 0. The number of amides is 1. The third kappa shape index (κ3) is 3.11. The molecule has 2 aliphatic rings. The lowest BCUT2D eigenvalue weighted by Crippen LogP contribution is -2.30. The number of ether oxygens (including phenoxy) is 1. The topological polar surface area (TPSA) is 55.3 Å². The first-order valence-electron chi connectivity index (χ1n) is 8.93. The zero-order chi connectivity index (χ0) is 17.4. The van der Waals surface area contributed by atoms with Crippen LogP contribution in [0.15, 0.2) is 30.5 Å². The van der Waals surface area contributed by atoms with Gasteiger partial charge in [-0.1, -0.05) is 18.2 Å². The van der Waals surface area contributed by atoms with Crippen molar-refractivity contribution in [1.82, 2.24) is 14.9 Å². The fourth-order valence-corrected chi connectivity index (χ4v) is 3.69. The average molecular weight is 337 g/mol. The Bertz CT molecular complexity index is 801. The second-order valence-corrected chi connectivity index (χ2v) is 6.97. The van der Waals surface area contributed by atoms with Crippen LogP contribution in [0.2, 0.25) is 0 Å². The van der Waals surface area contributed by atoms with Crippen molar-refractivity contribution in [1.29, 1.82) is 0 Å². The number of carbonyl (C=O) groups excluding carboxylic acids is 1. The van der Waals surface area contributed by atoms with Crippen LogP contribution in [-0.2, 0) is 0 Å². The molecule has 1 saturated heterocycles. The Morgan fingerprint density at radius 2 is 2.00 bits per heavy atom. The highest BCUT2D eigenvalue weighted by Crippen LogP contribution is 2.41. The van der Waals surface area contributed by atoms with E-state index in [0.717, 1.165) is 49.6 Å². The van der Waals surface area contributed by atoms with Gasteiger partial charge in [-0.05, 0) is 37.8 Å². The molecule has 1 aromatic carbocycles. The monoisotopic (exact) mass is 337 g/mol. The second-order valence-electron chi connectivity index (χ2n) is 6.97. The molecule has 1 saturated carbocycles. The Kier molecular flexibility index (Phi) is 4.15. The van der Waals surface area contributed by atoms with Crippen LogP contribution in [0.4, 0.5) is 0 Å². The van der Waals surface area contributed by atoms with Gasteiger partial charge in [-0.25, -0.2) is 9.97 Å². The first-order chi connectivity index (χ1) is 12.2. The molecule has 25 heavy (non-hydrogen) atoms. The molecular weight excluding hydrogens is 314 g/mol. The Balaban J connectivity index is 1.55. The minimum absolute atomic E-state index is 0.0688. The van der Waals surface area contributed by atoms with Crippen molar-refractivity contribution < 1.29 is 9.53 Å². The molecule has 0 bridgehead atoms. The van der Waals surface area contributed by atoms with Crippen molar-refractivity contribution >= 4 is 5.91 Å². The van der Waals surface area contributed by atoms with Gasteiger partial charge in [0.25, 0.3) is 5.91 Å². The van der Waals surface area contributed by atoms with Gasteiger partial charge in [0, 0.05) is 31.1 Å². The van der Waals surface area contributed by atoms with Crippen LogP contribution in [0.1, 0.15) is 58.5 Å². The van der Waals surface area contributed by atoms with E-state index >= 15 is 0 Å². The Morgan fingerprint density at radius 3 is 2.76 bits per heavy atom. The molecule has 1 aliphatic carbocycles. The van der Waals surface area contributed by atoms with Crippen LogP contribution >= 0.6 is 0 Å². The Hall–Kier alpha value is -2.43. The van der Waals surface area contributed by atoms with Gasteiger partial charge in [0.05, 0.1) is 18.4 Å². The number of aryl methyl sites for hydroxylation is 1. The molecule has 5 nitrogen and oxygen atoms in total. The van der Waals surface area contributed by atoms with E-state index in [2.05, 4.69) is 16.0 Å². The maximum absolute atomic E-state index is 13.1. The van der Waals surface area contributed by atoms with Gasteiger partial charge >= 0.3 is 0 Å². The number of benzene rings is 1. The van der Waals surface area contributed by atoms with Gasteiger partial charge in [0.15, 0.2) is 0 Å². The minimum Gasteiger partial charge on any atom is -0.496 e. The highest BCUT2D eigenvalue weighted by molar-refractivity contribution is 5.95. The summed E-state index contributed by atoms with van der Waals surface area (Å²) in [6.45, 7) is 3.37. The minimum atomic E-state index is 0.0688. The number of para-hydroxylation sites is 1. The van der Waals surface area contributed by atoms with Crippen LogP contribution in [0, 0.1) is 6.92 Å². The summed E-state index contributed by atoms with van der Waals surface area (Å²) in [6, 6.07) is 8.09. The highest BCUT2D eigenvalue weighted by Gasteiger charge is 2.34. The van der Waals surface area contributed by atoms with E-state index in [-0.39, 0.29) is 5.91 Å². The third-order valence-corrected chi connectivity index (χ3v) is 5.19. The van der Waals surface area contributed by atoms with E-state index in [1.165, 1.54) is 5.56 Å². The smallest absolute Gasteiger partial charge is 0.257 e. The van der Waals surface area contributed by atoms with Crippen molar-refractivity contribution in [2.45, 2.75) is 38.0 Å². The summed E-state index contributed by atoms with van der Waals surface area (Å²) < 4.78 is 5.49. The molecule has 0 radical (unpaired) electrons. The molecule has 130 valence electrons. The Labute approximate surface area is 148 Å². The third-order valence-electron chi connectivity index (χ3n) is 5.19. The predicted octanol–water partition coefficient (Wildman–Crippen LogP) is 3.30. The molecule has 1 aliphatic heterocycles. The lowest BCUT2D eigenvalue weighted by Gasteiger charge is -2.19. The van der Waals surface area contributed by atoms with E-state index in [0.29, 0.717) is 17.4 Å². The fourth-order valence-electron chi connectivity index (χ4n) is 3.69. The van der Waals surface area contributed by atoms with E-state index in [1.807, 2.05) is 30.0 Å². The molecule has 0 spiro atoms. The zero-order valence-electron chi connectivity index (χ0n) is 14.7. The zero-order valence-corrected chi connectivity index (χ0v) is 14.7. The van der Waals surface area contributed by atoms with Crippen LogP contribution in [0.5, 0.6) is 5.75 Å². The summed E-state index contributed by atoms with van der Waals surface area (Å²) in [5.41, 5.74) is 2.81. The lowest BCUT2D eigenvalue weighted by molar-refractivity contribution is 0.0788. The fraction of sp³-hybridized carbons (Fsp3) is 0.450. The van der Waals surface area contributed by atoms with Gasteiger partial charge in [0.1, 0.15) is 11.6 Å². The van der Waals surface area contributed by atoms with Crippen molar-refractivity contribution in [3.05, 3.63) is 53.1 Å². The lowest BCUT2D eigenvalue weighted by atomic mass is 9.97. The normalized spacial score (nSPS) is 19.9. The van der Waals surface area contributed by atoms with Crippen LogP contribution in [-0.4, -0.2) is 41.0 Å². The van der Waals surface area contributed by atoms with Crippen molar-refractivity contribution in [3.63, 3.8) is 0 Å². The number of hydrogen-bond donors (Lipinski definition) is 0. The molecule has 2 aromatic rings. The first-order valence-corrected chi connectivity index (χ1v) is 8.93. The van der Waals surface area contributed by atoms with Crippen LogP contribution in [0.25, 0.3) is 0 Å². The largest absolute Gasteiger partial charge is 0.496 e. The quantitative estimate of drug-likeness (QED) is 0.859. The van der Waals surface area contributed by atoms with Gasteiger partial charge in [-0.2, -0.15) is 0 Å². The van der Waals surface area contributed by atoms with E-state index < -0.39 is 0 Å². The highest BCUT2D eigenvalue weighted by atomic mass is 16.5. The van der Waals surface area contributed by atoms with E-state index in [4.69, 9.17) is 4.74 Å². The Morgan fingerprint density at radius 1 is 1.20 bits per heavy atom. The SMILES string of the molecule is COc1ccccc1C1CCN(C(=O)c2cnc(C)nc2C2CC2)C1. The molecule has 1 unspecified atom stereocenters. The van der Waals surface area contributed by atoms with Gasteiger partial charge in [-0.15, -0.1) is 0 Å². The summed E-state index contributed by atoms with van der Waals surface area (Å²) in [6.07, 6.45) is 4.92. The molecule has 2 fully saturated rings. The number of rotatable bonds is 4. The van der Waals surface area contributed by atoms with Gasteiger partial charge in [0.2, 0.25) is 0 Å². The maximum atomic E-state index is 13.1. The molecule has 1 amide bonds. The predicted molar refractivity (Wildman–Crippen MR) is 95.0 cm³/mol. The summed E-state index contributed by atoms with van der Waals surface area (Å²) in [7, 11) is 1.70. The van der Waals surface area contributed by atoms with Crippen LogP contribution in [0.3, 0.4) is 0 Å². The number of likely N-dealkylation sites (tertiary alicyclic amines) is 1.